The molecule has 0 saturated carbocycles. The van der Waals surface area contributed by atoms with E-state index in [9.17, 15) is 18.3 Å². The van der Waals surface area contributed by atoms with Crippen LogP contribution in [0.2, 0.25) is 0 Å². The monoisotopic (exact) mass is 289 g/mol. The zero-order valence-corrected chi connectivity index (χ0v) is 11.1. The highest BCUT2D eigenvalue weighted by molar-refractivity contribution is 7.92. The number of ether oxygens (including phenoxy) is 1. The Kier molecular flexibility index (Phi) is 5.13. The Bertz CT molecular complexity index is 554. The van der Waals surface area contributed by atoms with Gasteiger partial charge in [0, 0.05) is 13.7 Å². The van der Waals surface area contributed by atoms with Gasteiger partial charge < -0.3 is 14.9 Å². The van der Waals surface area contributed by atoms with Crippen molar-refractivity contribution in [3.8, 4) is 5.75 Å². The molecule has 0 spiro atoms. The number of hydrogen-bond donors (Lipinski definition) is 3. The molecule has 1 aromatic carbocycles. The summed E-state index contributed by atoms with van der Waals surface area (Å²) < 4.78 is 30.2. The van der Waals surface area contributed by atoms with Crippen LogP contribution in [0.25, 0.3) is 0 Å². The van der Waals surface area contributed by atoms with Gasteiger partial charge in [0.15, 0.2) is 0 Å². The molecule has 1 rings (SSSR count). The first kappa shape index (κ1) is 15.3. The molecule has 0 fully saturated rings. The van der Waals surface area contributed by atoms with Crippen LogP contribution in [0.3, 0.4) is 0 Å². The maximum absolute atomic E-state index is 11.7. The van der Waals surface area contributed by atoms with Crippen LogP contribution < -0.4 is 4.72 Å². The van der Waals surface area contributed by atoms with E-state index in [1.807, 2.05) is 0 Å². The van der Waals surface area contributed by atoms with Crippen molar-refractivity contribution in [2.24, 2.45) is 0 Å². The fourth-order valence-corrected chi connectivity index (χ4v) is 2.47. The van der Waals surface area contributed by atoms with Gasteiger partial charge in [-0.25, -0.2) is 13.2 Å². The predicted molar refractivity (Wildman–Crippen MR) is 69.0 cm³/mol. The lowest BCUT2D eigenvalue weighted by Crippen LogP contribution is -2.18. The maximum Gasteiger partial charge on any atom is 0.335 e. The number of aromatic carboxylic acids is 1. The minimum absolute atomic E-state index is 0.0533. The van der Waals surface area contributed by atoms with Gasteiger partial charge in [-0.15, -0.1) is 0 Å². The van der Waals surface area contributed by atoms with Gasteiger partial charge >= 0.3 is 5.97 Å². The molecule has 0 unspecified atom stereocenters. The highest BCUT2D eigenvalue weighted by Crippen LogP contribution is 2.25. The molecule has 0 saturated heterocycles. The predicted octanol–water partition coefficient (Wildman–Crippen LogP) is 0.869. The summed E-state index contributed by atoms with van der Waals surface area (Å²) in [6, 6.07) is 3.39. The summed E-state index contributed by atoms with van der Waals surface area (Å²) in [5, 5.41) is 18.3. The van der Waals surface area contributed by atoms with E-state index in [1.54, 1.807) is 0 Å². The second kappa shape index (κ2) is 6.39. The molecule has 0 aliphatic carbocycles. The van der Waals surface area contributed by atoms with Gasteiger partial charge in [0.25, 0.3) is 0 Å². The van der Waals surface area contributed by atoms with Crippen molar-refractivity contribution in [3.63, 3.8) is 0 Å². The second-order valence-electron chi connectivity index (χ2n) is 3.80. The molecule has 8 heteroatoms. The summed E-state index contributed by atoms with van der Waals surface area (Å²) in [7, 11) is -2.13. The number of carboxylic acid groups (broad SMARTS) is 1. The summed E-state index contributed by atoms with van der Waals surface area (Å²) in [5.74, 6) is -1.79. The highest BCUT2D eigenvalue weighted by Gasteiger charge is 2.14. The normalized spacial score (nSPS) is 11.2. The molecule has 3 N–H and O–H groups in total. The van der Waals surface area contributed by atoms with Crippen molar-refractivity contribution in [2.45, 2.75) is 6.42 Å². The highest BCUT2D eigenvalue weighted by atomic mass is 32.2. The van der Waals surface area contributed by atoms with E-state index in [-0.39, 0.29) is 17.0 Å². The Morgan fingerprint density at radius 3 is 2.63 bits per heavy atom. The zero-order chi connectivity index (χ0) is 14.5. The summed E-state index contributed by atoms with van der Waals surface area (Å²) >= 11 is 0. The Hall–Kier alpha value is -1.80. The fourth-order valence-electron chi connectivity index (χ4n) is 1.36. The Morgan fingerprint density at radius 1 is 1.42 bits per heavy atom. The van der Waals surface area contributed by atoms with E-state index in [0.29, 0.717) is 13.0 Å². The molecular formula is C11H15NO6S. The summed E-state index contributed by atoms with van der Waals surface area (Å²) in [4.78, 5) is 10.7. The number of phenolic OH excluding ortho intramolecular Hbond substituents is 1. The number of benzene rings is 1. The van der Waals surface area contributed by atoms with Crippen molar-refractivity contribution in [3.05, 3.63) is 23.8 Å². The lowest BCUT2D eigenvalue weighted by molar-refractivity contribution is 0.0696. The van der Waals surface area contributed by atoms with Crippen molar-refractivity contribution in [1.29, 1.82) is 0 Å². The molecule has 19 heavy (non-hydrogen) atoms. The third-order valence-corrected chi connectivity index (χ3v) is 3.63. The SMILES string of the molecule is COCCCS(=O)(=O)Nc1ccc(C(=O)O)cc1O. The summed E-state index contributed by atoms with van der Waals surface area (Å²) in [6.45, 7) is 0.310. The summed E-state index contributed by atoms with van der Waals surface area (Å²) in [5.41, 5.74) is -0.178. The van der Waals surface area contributed by atoms with Crippen LogP contribution in [0.1, 0.15) is 16.8 Å². The van der Waals surface area contributed by atoms with Crippen LogP contribution in [0.4, 0.5) is 5.69 Å². The van der Waals surface area contributed by atoms with Gasteiger partial charge in [0.1, 0.15) is 5.75 Å². The average molecular weight is 289 g/mol. The van der Waals surface area contributed by atoms with E-state index in [0.717, 1.165) is 6.07 Å². The van der Waals surface area contributed by atoms with Gasteiger partial charge in [0.2, 0.25) is 10.0 Å². The number of anilines is 1. The third-order valence-electron chi connectivity index (χ3n) is 2.27. The standard InChI is InChI=1S/C11H15NO6S/c1-18-5-2-6-19(16,17)12-9-4-3-8(11(14)15)7-10(9)13/h3-4,7,12-13H,2,5-6H2,1H3,(H,14,15). The van der Waals surface area contributed by atoms with Crippen LogP contribution >= 0.6 is 0 Å². The molecule has 0 atom stereocenters. The number of carboxylic acids is 1. The molecule has 0 aliphatic rings. The maximum atomic E-state index is 11.7. The third kappa shape index (κ3) is 4.76. The smallest absolute Gasteiger partial charge is 0.335 e. The van der Waals surface area contributed by atoms with E-state index < -0.39 is 21.7 Å². The first-order chi connectivity index (χ1) is 8.85. The number of hydrogen-bond acceptors (Lipinski definition) is 5. The van der Waals surface area contributed by atoms with Crippen molar-refractivity contribution < 1.29 is 28.2 Å². The van der Waals surface area contributed by atoms with Crippen LogP contribution in [-0.2, 0) is 14.8 Å². The number of carbonyl (C=O) groups is 1. The van der Waals surface area contributed by atoms with Gasteiger partial charge in [0.05, 0.1) is 17.0 Å². The van der Waals surface area contributed by atoms with Crippen molar-refractivity contribution in [2.75, 3.05) is 24.2 Å². The van der Waals surface area contributed by atoms with Gasteiger partial charge in [-0.2, -0.15) is 0 Å². The molecule has 106 valence electrons. The van der Waals surface area contributed by atoms with Gasteiger partial charge in [-0.3, -0.25) is 4.72 Å². The van der Waals surface area contributed by atoms with E-state index in [2.05, 4.69) is 4.72 Å². The molecule has 0 amide bonds. The molecule has 1 aromatic rings. The number of nitrogens with one attached hydrogen (secondary N) is 1. The van der Waals surface area contributed by atoms with E-state index in [1.165, 1.54) is 19.2 Å². The largest absolute Gasteiger partial charge is 0.506 e. The first-order valence-electron chi connectivity index (χ1n) is 5.41. The fraction of sp³-hybridized carbons (Fsp3) is 0.364. The minimum Gasteiger partial charge on any atom is -0.506 e. The molecule has 0 aromatic heterocycles. The van der Waals surface area contributed by atoms with Crippen LogP contribution in [0.15, 0.2) is 18.2 Å². The lowest BCUT2D eigenvalue weighted by atomic mass is 10.2. The molecule has 0 bridgehead atoms. The summed E-state index contributed by atoms with van der Waals surface area (Å²) in [6.07, 6.45) is 0.319. The Morgan fingerprint density at radius 2 is 2.11 bits per heavy atom. The van der Waals surface area contributed by atoms with Crippen molar-refractivity contribution >= 4 is 21.7 Å². The number of phenols is 1. The number of methoxy groups -OCH3 is 1. The topological polar surface area (TPSA) is 113 Å². The average Bonchev–Trinajstić information content (AvgIpc) is 2.31. The molecule has 0 aliphatic heterocycles. The number of rotatable bonds is 7. The van der Waals surface area contributed by atoms with Crippen molar-refractivity contribution in [1.82, 2.24) is 0 Å². The minimum atomic E-state index is -3.60. The number of sulfonamides is 1. The van der Waals surface area contributed by atoms with E-state index in [4.69, 9.17) is 9.84 Å². The van der Waals surface area contributed by atoms with E-state index >= 15 is 0 Å². The lowest BCUT2D eigenvalue weighted by Gasteiger charge is -2.09. The molecular weight excluding hydrogens is 274 g/mol. The molecule has 0 radical (unpaired) electrons. The van der Waals surface area contributed by atoms with Crippen LogP contribution in [0, 0.1) is 0 Å². The Labute approximate surface area is 110 Å². The van der Waals surface area contributed by atoms with Gasteiger partial charge in [-0.05, 0) is 24.6 Å². The Balaban J connectivity index is 2.79. The second-order valence-corrected chi connectivity index (χ2v) is 5.65. The zero-order valence-electron chi connectivity index (χ0n) is 10.3. The molecule has 0 heterocycles. The van der Waals surface area contributed by atoms with Gasteiger partial charge in [-0.1, -0.05) is 0 Å². The van der Waals surface area contributed by atoms with Crippen LogP contribution in [-0.4, -0.2) is 44.1 Å². The molecule has 7 nitrogen and oxygen atoms in total. The number of aromatic hydroxyl groups is 1. The quantitative estimate of drug-likeness (QED) is 0.507. The van der Waals surface area contributed by atoms with Crippen LogP contribution in [0.5, 0.6) is 5.75 Å². The first-order valence-corrected chi connectivity index (χ1v) is 7.06.